The summed E-state index contributed by atoms with van der Waals surface area (Å²) in [5.74, 6) is -1.28. The summed E-state index contributed by atoms with van der Waals surface area (Å²) in [4.78, 5) is 14.3. The normalized spacial score (nSPS) is 30.0. The molecule has 0 aliphatic carbocycles. The molecule has 0 aromatic rings. The number of ether oxygens (including phenoxy) is 1. The van der Waals surface area contributed by atoms with Gasteiger partial charge in [0.15, 0.2) is 5.60 Å². The van der Waals surface area contributed by atoms with Gasteiger partial charge in [0.2, 0.25) is 0 Å². The van der Waals surface area contributed by atoms with E-state index in [1.807, 2.05) is 6.08 Å². The van der Waals surface area contributed by atoms with Crippen LogP contribution in [-0.4, -0.2) is 69.7 Å². The van der Waals surface area contributed by atoms with Gasteiger partial charge in [0.1, 0.15) is 6.61 Å². The van der Waals surface area contributed by atoms with Gasteiger partial charge in [-0.05, 0) is 24.8 Å². The second-order valence-corrected chi connectivity index (χ2v) is 6.31. The number of fused-ring (bicyclic) bond motifs is 1. The van der Waals surface area contributed by atoms with Crippen LogP contribution in [0.5, 0.6) is 0 Å². The van der Waals surface area contributed by atoms with Gasteiger partial charge in [-0.3, -0.25) is 4.90 Å². The van der Waals surface area contributed by atoms with Crippen LogP contribution in [-0.2, 0) is 9.53 Å². The monoisotopic (exact) mass is 299 g/mol. The third kappa shape index (κ3) is 2.85. The minimum absolute atomic E-state index is 0.0405. The fourth-order valence-corrected chi connectivity index (χ4v) is 3.18. The fourth-order valence-electron chi connectivity index (χ4n) is 3.18. The third-order valence-electron chi connectivity index (χ3n) is 4.65. The molecule has 0 radical (unpaired) electrons. The molecule has 4 atom stereocenters. The average molecular weight is 299 g/mol. The highest BCUT2D eigenvalue weighted by molar-refractivity contribution is 5.80. The summed E-state index contributed by atoms with van der Waals surface area (Å²) in [5, 5.41) is 30.0. The Kier molecular flexibility index (Phi) is 4.72. The van der Waals surface area contributed by atoms with Crippen LogP contribution < -0.4 is 0 Å². The summed E-state index contributed by atoms with van der Waals surface area (Å²) in [6.45, 7) is 6.32. The maximum atomic E-state index is 12.1. The quantitative estimate of drug-likeness (QED) is 0.476. The van der Waals surface area contributed by atoms with Crippen molar-refractivity contribution in [2.24, 2.45) is 5.92 Å². The van der Waals surface area contributed by atoms with Gasteiger partial charge in [-0.1, -0.05) is 19.9 Å². The standard InChI is InChI=1S/C15H25NO5/c1-9(2)15(20,10(3)17)14(19)21-8-11-4-6-16-7-5-12(18)13(11)16/h4,9-10,12-13,17-18,20H,5-8H2,1-3H3/t10-,12+,13-,15-/m1/s1. The van der Waals surface area contributed by atoms with E-state index in [4.69, 9.17) is 4.74 Å². The lowest BCUT2D eigenvalue weighted by molar-refractivity contribution is -0.183. The Morgan fingerprint density at radius 3 is 2.76 bits per heavy atom. The second kappa shape index (κ2) is 6.04. The fraction of sp³-hybridized carbons (Fsp3) is 0.800. The molecule has 0 saturated carbocycles. The molecule has 0 spiro atoms. The Hall–Kier alpha value is -0.950. The van der Waals surface area contributed by atoms with Crippen LogP contribution in [0.2, 0.25) is 0 Å². The van der Waals surface area contributed by atoms with Crippen molar-refractivity contribution in [3.63, 3.8) is 0 Å². The Morgan fingerprint density at radius 1 is 1.52 bits per heavy atom. The molecule has 0 bridgehead atoms. The van der Waals surface area contributed by atoms with Gasteiger partial charge in [-0.25, -0.2) is 4.79 Å². The first-order valence-electron chi connectivity index (χ1n) is 7.47. The molecule has 0 amide bonds. The molecule has 2 rings (SSSR count). The lowest BCUT2D eigenvalue weighted by Gasteiger charge is -2.32. The second-order valence-electron chi connectivity index (χ2n) is 6.31. The molecule has 3 N–H and O–H groups in total. The van der Waals surface area contributed by atoms with Gasteiger partial charge in [0.05, 0.1) is 18.2 Å². The summed E-state index contributed by atoms with van der Waals surface area (Å²) >= 11 is 0. The Bertz CT molecular complexity index is 424. The number of nitrogens with zero attached hydrogens (tertiary/aromatic N) is 1. The minimum Gasteiger partial charge on any atom is -0.459 e. The third-order valence-corrected chi connectivity index (χ3v) is 4.65. The van der Waals surface area contributed by atoms with Crippen LogP contribution in [0.3, 0.4) is 0 Å². The van der Waals surface area contributed by atoms with Crippen molar-refractivity contribution in [3.8, 4) is 0 Å². The predicted molar refractivity (Wildman–Crippen MR) is 76.5 cm³/mol. The van der Waals surface area contributed by atoms with Crippen molar-refractivity contribution in [1.29, 1.82) is 0 Å². The average Bonchev–Trinajstić information content (AvgIpc) is 2.98. The van der Waals surface area contributed by atoms with Gasteiger partial charge in [-0.2, -0.15) is 0 Å². The van der Waals surface area contributed by atoms with Gasteiger partial charge >= 0.3 is 5.97 Å². The van der Waals surface area contributed by atoms with Crippen LogP contribution in [0.4, 0.5) is 0 Å². The van der Waals surface area contributed by atoms with Crippen LogP contribution in [0.25, 0.3) is 0 Å². The van der Waals surface area contributed by atoms with Crippen molar-refractivity contribution in [1.82, 2.24) is 4.90 Å². The van der Waals surface area contributed by atoms with E-state index in [0.717, 1.165) is 25.1 Å². The molecule has 1 fully saturated rings. The van der Waals surface area contributed by atoms with E-state index in [-0.39, 0.29) is 12.6 Å². The lowest BCUT2D eigenvalue weighted by Crippen LogP contribution is -2.53. The number of carbonyl (C=O) groups is 1. The van der Waals surface area contributed by atoms with Crippen molar-refractivity contribution in [3.05, 3.63) is 11.6 Å². The first-order chi connectivity index (χ1) is 9.78. The Morgan fingerprint density at radius 2 is 2.19 bits per heavy atom. The smallest absolute Gasteiger partial charge is 0.341 e. The molecule has 0 aromatic carbocycles. The topological polar surface area (TPSA) is 90.2 Å². The molecule has 2 aliphatic heterocycles. The molecule has 0 unspecified atom stereocenters. The van der Waals surface area contributed by atoms with Gasteiger partial charge in [0.25, 0.3) is 0 Å². The van der Waals surface area contributed by atoms with Crippen molar-refractivity contribution >= 4 is 5.97 Å². The Labute approximate surface area is 125 Å². The van der Waals surface area contributed by atoms with Crippen molar-refractivity contribution in [2.75, 3.05) is 19.7 Å². The zero-order valence-electron chi connectivity index (χ0n) is 12.8. The number of hydrogen-bond acceptors (Lipinski definition) is 6. The molecule has 21 heavy (non-hydrogen) atoms. The number of hydrogen-bond donors (Lipinski definition) is 3. The van der Waals surface area contributed by atoms with E-state index in [9.17, 15) is 20.1 Å². The SMILES string of the molecule is CC(C)[C@](O)(C(=O)OCC1=CCN2CC[C@H](O)[C@@H]12)[C@@H](C)O. The molecule has 1 saturated heterocycles. The summed E-state index contributed by atoms with van der Waals surface area (Å²) < 4.78 is 5.22. The van der Waals surface area contributed by atoms with E-state index in [1.54, 1.807) is 13.8 Å². The molecule has 6 nitrogen and oxygen atoms in total. The summed E-state index contributed by atoms with van der Waals surface area (Å²) in [6.07, 6.45) is 1.03. The zero-order valence-corrected chi connectivity index (χ0v) is 12.8. The molecule has 0 aromatic heterocycles. The predicted octanol–water partition coefficient (Wildman–Crippen LogP) is -0.327. The lowest BCUT2D eigenvalue weighted by atomic mass is 9.85. The largest absolute Gasteiger partial charge is 0.459 e. The maximum absolute atomic E-state index is 12.1. The number of esters is 1. The zero-order chi connectivity index (χ0) is 15.8. The number of aliphatic hydroxyl groups is 3. The van der Waals surface area contributed by atoms with E-state index in [2.05, 4.69) is 4.90 Å². The van der Waals surface area contributed by atoms with E-state index in [1.165, 1.54) is 6.92 Å². The van der Waals surface area contributed by atoms with Crippen LogP contribution in [0.15, 0.2) is 11.6 Å². The highest BCUT2D eigenvalue weighted by Gasteiger charge is 2.46. The molecule has 6 heteroatoms. The molecule has 2 aliphatic rings. The minimum atomic E-state index is -1.91. The van der Waals surface area contributed by atoms with Crippen LogP contribution in [0.1, 0.15) is 27.2 Å². The van der Waals surface area contributed by atoms with Gasteiger partial charge in [0, 0.05) is 13.1 Å². The molecule has 2 heterocycles. The summed E-state index contributed by atoms with van der Waals surface area (Å²) in [6, 6.07) is -0.0866. The van der Waals surface area contributed by atoms with Crippen molar-refractivity contribution in [2.45, 2.75) is 51.0 Å². The van der Waals surface area contributed by atoms with Gasteiger partial charge in [-0.15, -0.1) is 0 Å². The first-order valence-corrected chi connectivity index (χ1v) is 7.47. The maximum Gasteiger partial charge on any atom is 0.341 e. The molecular weight excluding hydrogens is 274 g/mol. The van der Waals surface area contributed by atoms with E-state index >= 15 is 0 Å². The number of aliphatic hydroxyl groups excluding tert-OH is 2. The Balaban J connectivity index is 1.98. The van der Waals surface area contributed by atoms with E-state index < -0.39 is 29.7 Å². The summed E-state index contributed by atoms with van der Waals surface area (Å²) in [5.41, 5.74) is -1.04. The van der Waals surface area contributed by atoms with Crippen LogP contribution >= 0.6 is 0 Å². The highest BCUT2D eigenvalue weighted by atomic mass is 16.6. The van der Waals surface area contributed by atoms with Crippen molar-refractivity contribution < 1.29 is 24.9 Å². The molecule has 120 valence electrons. The van der Waals surface area contributed by atoms with Crippen LogP contribution in [0, 0.1) is 5.92 Å². The number of rotatable bonds is 5. The summed E-state index contributed by atoms with van der Waals surface area (Å²) in [7, 11) is 0. The first kappa shape index (κ1) is 16.4. The van der Waals surface area contributed by atoms with E-state index in [0.29, 0.717) is 0 Å². The number of carbonyl (C=O) groups excluding carboxylic acids is 1. The highest BCUT2D eigenvalue weighted by Crippen LogP contribution is 2.30. The molecular formula is C15H25NO5. The van der Waals surface area contributed by atoms with Gasteiger partial charge < -0.3 is 20.1 Å².